The van der Waals surface area contributed by atoms with Crippen LogP contribution in [-0.2, 0) is 9.84 Å². The normalized spacial score (nSPS) is 32.2. The summed E-state index contributed by atoms with van der Waals surface area (Å²) in [6.07, 6.45) is -0.670. The van der Waals surface area contributed by atoms with Crippen molar-refractivity contribution in [2.75, 3.05) is 11.5 Å². The van der Waals surface area contributed by atoms with Gasteiger partial charge in [0.05, 0.1) is 29.1 Å². The van der Waals surface area contributed by atoms with Crippen LogP contribution in [0.2, 0.25) is 0 Å². The smallest absolute Gasteiger partial charge is 0.152 e. The molecule has 1 rings (SSSR count). The second-order valence-electron chi connectivity index (χ2n) is 5.38. The molecule has 5 heteroatoms. The first-order chi connectivity index (χ1) is 6.63. The minimum atomic E-state index is -3.15. The number of sulfone groups is 1. The molecule has 4 nitrogen and oxygen atoms in total. The molecule has 0 aromatic rings. The lowest BCUT2D eigenvalue weighted by Crippen LogP contribution is -2.43. The molecule has 1 N–H and O–H groups in total. The van der Waals surface area contributed by atoms with Crippen molar-refractivity contribution >= 4 is 9.84 Å². The van der Waals surface area contributed by atoms with E-state index in [1.165, 1.54) is 0 Å². The van der Waals surface area contributed by atoms with Gasteiger partial charge in [-0.2, -0.15) is 5.26 Å². The monoisotopic (exact) mass is 231 g/mol. The third kappa shape index (κ3) is 2.32. The van der Waals surface area contributed by atoms with Crippen LogP contribution in [0.15, 0.2) is 0 Å². The van der Waals surface area contributed by atoms with Gasteiger partial charge in [-0.1, -0.05) is 20.8 Å². The molecule has 0 bridgehead atoms. The van der Waals surface area contributed by atoms with Crippen LogP contribution in [0.3, 0.4) is 0 Å². The van der Waals surface area contributed by atoms with Crippen molar-refractivity contribution < 1.29 is 13.5 Å². The van der Waals surface area contributed by atoms with Gasteiger partial charge in [-0.05, 0) is 11.8 Å². The molecule has 1 heterocycles. The van der Waals surface area contributed by atoms with Gasteiger partial charge in [0.2, 0.25) is 0 Å². The Hall–Kier alpha value is -0.600. The van der Waals surface area contributed by atoms with Crippen LogP contribution in [0.1, 0.15) is 27.2 Å². The number of aliphatic hydroxyl groups excluding tert-OH is 1. The van der Waals surface area contributed by atoms with Gasteiger partial charge in [0.1, 0.15) is 0 Å². The summed E-state index contributed by atoms with van der Waals surface area (Å²) in [6, 6.07) is 2.01. The number of hydrogen-bond acceptors (Lipinski definition) is 4. The van der Waals surface area contributed by atoms with Gasteiger partial charge in [0.15, 0.2) is 9.84 Å². The topological polar surface area (TPSA) is 78.2 Å². The third-order valence-electron chi connectivity index (χ3n) is 2.90. The Kier molecular flexibility index (Phi) is 2.88. The summed E-state index contributed by atoms with van der Waals surface area (Å²) >= 11 is 0. The number of nitriles is 1. The fourth-order valence-corrected chi connectivity index (χ4v) is 4.04. The zero-order valence-corrected chi connectivity index (χ0v) is 10.1. The molecule has 0 saturated carbocycles. The molecule has 0 amide bonds. The molecular weight excluding hydrogens is 214 g/mol. The summed E-state index contributed by atoms with van der Waals surface area (Å²) in [5, 5.41) is 19.2. The first-order valence-electron chi connectivity index (χ1n) is 4.93. The first kappa shape index (κ1) is 12.5. The fourth-order valence-electron chi connectivity index (χ4n) is 2.07. The number of aliphatic hydroxyl groups is 1. The van der Waals surface area contributed by atoms with Gasteiger partial charge in [0, 0.05) is 0 Å². The van der Waals surface area contributed by atoms with Gasteiger partial charge in [0.25, 0.3) is 0 Å². The highest BCUT2D eigenvalue weighted by Crippen LogP contribution is 2.41. The van der Waals surface area contributed by atoms with Crippen LogP contribution in [-0.4, -0.2) is 31.1 Å². The molecule has 1 aliphatic rings. The third-order valence-corrected chi connectivity index (χ3v) is 4.68. The molecule has 0 aromatic heterocycles. The predicted molar refractivity (Wildman–Crippen MR) is 56.8 cm³/mol. The molecule has 2 atom stereocenters. The van der Waals surface area contributed by atoms with E-state index in [1.54, 1.807) is 0 Å². The van der Waals surface area contributed by atoms with Gasteiger partial charge in [-0.25, -0.2) is 8.42 Å². The van der Waals surface area contributed by atoms with E-state index in [4.69, 9.17) is 5.26 Å². The Bertz CT molecular complexity index is 388. The Morgan fingerprint density at radius 3 is 2.27 bits per heavy atom. The number of hydrogen-bond donors (Lipinski definition) is 1. The Morgan fingerprint density at radius 1 is 1.47 bits per heavy atom. The summed E-state index contributed by atoms with van der Waals surface area (Å²) in [4.78, 5) is 0. The van der Waals surface area contributed by atoms with E-state index in [0.717, 1.165) is 0 Å². The van der Waals surface area contributed by atoms with E-state index >= 15 is 0 Å². The molecule has 0 spiro atoms. The highest BCUT2D eigenvalue weighted by atomic mass is 32.2. The lowest BCUT2D eigenvalue weighted by atomic mass is 9.71. The van der Waals surface area contributed by atoms with E-state index in [1.807, 2.05) is 26.8 Å². The average molecular weight is 231 g/mol. The fraction of sp³-hybridized carbons (Fsp3) is 0.900. The molecule has 86 valence electrons. The zero-order chi connectivity index (χ0) is 11.9. The van der Waals surface area contributed by atoms with Gasteiger partial charge >= 0.3 is 0 Å². The van der Waals surface area contributed by atoms with Crippen molar-refractivity contribution in [3.8, 4) is 6.07 Å². The van der Waals surface area contributed by atoms with Gasteiger partial charge < -0.3 is 5.11 Å². The highest BCUT2D eigenvalue weighted by molar-refractivity contribution is 7.91. The maximum Gasteiger partial charge on any atom is 0.152 e. The average Bonchev–Trinajstić information content (AvgIpc) is 2.40. The van der Waals surface area contributed by atoms with Crippen LogP contribution >= 0.6 is 0 Å². The van der Waals surface area contributed by atoms with Crippen molar-refractivity contribution in [1.82, 2.24) is 0 Å². The Balaban J connectivity index is 3.06. The second kappa shape index (κ2) is 3.46. The lowest BCUT2D eigenvalue weighted by molar-refractivity contribution is -0.0103. The minimum absolute atomic E-state index is 0.00764. The minimum Gasteiger partial charge on any atom is -0.391 e. The molecule has 1 saturated heterocycles. The van der Waals surface area contributed by atoms with Crippen LogP contribution in [0.4, 0.5) is 0 Å². The van der Waals surface area contributed by atoms with E-state index in [2.05, 4.69) is 0 Å². The van der Waals surface area contributed by atoms with Crippen LogP contribution in [0.25, 0.3) is 0 Å². The largest absolute Gasteiger partial charge is 0.391 e. The van der Waals surface area contributed by atoms with E-state index in [0.29, 0.717) is 0 Å². The molecule has 15 heavy (non-hydrogen) atoms. The summed E-state index contributed by atoms with van der Waals surface area (Å²) in [6.45, 7) is 5.42. The van der Waals surface area contributed by atoms with Gasteiger partial charge in [-0.3, -0.25) is 0 Å². The first-order valence-corrected chi connectivity index (χ1v) is 6.75. The number of rotatable bonds is 1. The van der Waals surface area contributed by atoms with E-state index in [-0.39, 0.29) is 17.9 Å². The Labute approximate surface area is 90.8 Å². The summed E-state index contributed by atoms with van der Waals surface area (Å²) in [5.74, 6) is -0.206. The summed E-state index contributed by atoms with van der Waals surface area (Å²) < 4.78 is 22.7. The van der Waals surface area contributed by atoms with E-state index in [9.17, 15) is 13.5 Å². The van der Waals surface area contributed by atoms with Crippen LogP contribution in [0.5, 0.6) is 0 Å². The maximum absolute atomic E-state index is 11.4. The SMILES string of the molecule is CC(C)(C)C(O)C1(C#N)CCS(=O)(=O)C1. The molecule has 0 aliphatic carbocycles. The summed E-state index contributed by atoms with van der Waals surface area (Å²) in [7, 11) is -3.15. The second-order valence-corrected chi connectivity index (χ2v) is 7.56. The van der Waals surface area contributed by atoms with Gasteiger partial charge in [-0.15, -0.1) is 0 Å². The molecule has 0 radical (unpaired) electrons. The van der Waals surface area contributed by atoms with Crippen LogP contribution in [0, 0.1) is 22.2 Å². The molecular formula is C10H17NO3S. The van der Waals surface area contributed by atoms with Crippen molar-refractivity contribution in [2.45, 2.75) is 33.3 Å². The van der Waals surface area contributed by atoms with Crippen molar-refractivity contribution in [3.63, 3.8) is 0 Å². The lowest BCUT2D eigenvalue weighted by Gasteiger charge is -2.35. The van der Waals surface area contributed by atoms with Crippen molar-refractivity contribution in [3.05, 3.63) is 0 Å². The maximum atomic E-state index is 11.4. The zero-order valence-electron chi connectivity index (χ0n) is 9.32. The van der Waals surface area contributed by atoms with Crippen molar-refractivity contribution in [2.24, 2.45) is 10.8 Å². The Morgan fingerprint density at radius 2 is 2.00 bits per heavy atom. The predicted octanol–water partition coefficient (Wildman–Crippen LogP) is 0.722. The molecule has 0 aromatic carbocycles. The quantitative estimate of drug-likeness (QED) is 0.721. The van der Waals surface area contributed by atoms with Crippen molar-refractivity contribution in [1.29, 1.82) is 5.26 Å². The highest BCUT2D eigenvalue weighted by Gasteiger charge is 2.51. The summed E-state index contributed by atoms with van der Waals surface area (Å²) in [5.41, 5.74) is -1.59. The number of nitrogens with zero attached hydrogens (tertiary/aromatic N) is 1. The molecule has 1 fully saturated rings. The molecule has 2 unspecified atom stereocenters. The van der Waals surface area contributed by atoms with E-state index < -0.39 is 26.8 Å². The van der Waals surface area contributed by atoms with Crippen LogP contribution < -0.4 is 0 Å². The molecule has 1 aliphatic heterocycles. The standard InChI is InChI=1S/C10H17NO3S/c1-9(2,3)8(12)10(6-11)4-5-15(13,14)7-10/h8,12H,4-5,7H2,1-3H3.